The van der Waals surface area contributed by atoms with Gasteiger partial charge in [0, 0.05) is 54.0 Å². The van der Waals surface area contributed by atoms with E-state index in [1.807, 2.05) is 35.6 Å². The lowest BCUT2D eigenvalue weighted by Gasteiger charge is -2.35. The van der Waals surface area contributed by atoms with E-state index in [2.05, 4.69) is 59.5 Å². The van der Waals surface area contributed by atoms with Crippen LogP contribution >= 0.6 is 0 Å². The Balaban J connectivity index is 1.08. The molecule has 7 aromatic rings. The molecule has 61 heavy (non-hydrogen) atoms. The number of H-pyrrole nitrogens is 1. The Hall–Kier alpha value is -6.35. The molecule has 1 aliphatic carbocycles. The van der Waals surface area contributed by atoms with Gasteiger partial charge in [0.1, 0.15) is 22.9 Å². The first kappa shape index (κ1) is 38.8. The van der Waals surface area contributed by atoms with Crippen molar-refractivity contribution in [2.75, 3.05) is 18.5 Å². The third-order valence-electron chi connectivity index (χ3n) is 13.4. The van der Waals surface area contributed by atoms with Crippen molar-refractivity contribution >= 4 is 39.4 Å². The minimum absolute atomic E-state index is 0.0327. The van der Waals surface area contributed by atoms with Crippen LogP contribution in [0.25, 0.3) is 27.5 Å². The van der Waals surface area contributed by atoms with Crippen LogP contribution in [0.2, 0.25) is 0 Å². The third kappa shape index (κ3) is 6.22. The number of anilines is 1. The number of carbonyl (C=O) groups excluding carboxylic acids is 2. The molecule has 314 valence electrons. The van der Waals surface area contributed by atoms with Gasteiger partial charge in [-0.1, -0.05) is 18.1 Å². The second-order valence-corrected chi connectivity index (χ2v) is 17.9. The highest BCUT2D eigenvalue weighted by atomic mass is 19.1. The zero-order valence-electron chi connectivity index (χ0n) is 35.3. The molecule has 2 amide bonds. The van der Waals surface area contributed by atoms with E-state index in [9.17, 15) is 14.0 Å². The predicted molar refractivity (Wildman–Crippen MR) is 227 cm³/mol. The molecular formula is C46H48FN9O5. The van der Waals surface area contributed by atoms with Crippen LogP contribution in [0.5, 0.6) is 0 Å². The molecule has 4 atom stereocenters. The zero-order chi connectivity index (χ0) is 42.7. The number of ether oxygens (including phenoxy) is 1. The lowest BCUT2D eigenvalue weighted by Crippen LogP contribution is -2.41. The van der Waals surface area contributed by atoms with Gasteiger partial charge < -0.3 is 19.5 Å². The number of hydrogen-bond acceptors (Lipinski definition) is 8. The summed E-state index contributed by atoms with van der Waals surface area (Å²) in [5, 5.41) is 18.4. The average molecular weight is 826 g/mol. The molecule has 14 nitrogen and oxygen atoms in total. The summed E-state index contributed by atoms with van der Waals surface area (Å²) in [5.41, 5.74) is 5.64. The van der Waals surface area contributed by atoms with Crippen LogP contribution in [0.1, 0.15) is 114 Å². The predicted octanol–water partition coefficient (Wildman–Crippen LogP) is 7.61. The number of amides is 2. The second kappa shape index (κ2) is 13.8. The van der Waals surface area contributed by atoms with Gasteiger partial charge in [0.25, 0.3) is 11.8 Å². The Labute approximate surface area is 350 Å². The number of hydrogen-bond donors (Lipinski definition) is 2. The summed E-state index contributed by atoms with van der Waals surface area (Å²) in [6.07, 6.45) is 4.54. The molecule has 2 N–H and O–H groups in total. The maximum Gasteiger partial charge on any atom is 0.438 e. The maximum atomic E-state index is 15.4. The van der Waals surface area contributed by atoms with E-state index in [1.54, 1.807) is 53.7 Å². The number of fused-ring (bicyclic) bond motifs is 3. The van der Waals surface area contributed by atoms with Gasteiger partial charge >= 0.3 is 5.76 Å². The highest BCUT2D eigenvalue weighted by Gasteiger charge is 2.59. The van der Waals surface area contributed by atoms with Crippen LogP contribution in [0.3, 0.4) is 0 Å². The normalized spacial score (nSPS) is 22.2. The van der Waals surface area contributed by atoms with E-state index in [1.165, 1.54) is 5.56 Å². The number of halogens is 1. The van der Waals surface area contributed by atoms with Gasteiger partial charge in [0.15, 0.2) is 5.82 Å². The molecule has 2 fully saturated rings. The van der Waals surface area contributed by atoms with Crippen molar-refractivity contribution < 1.29 is 23.2 Å². The maximum absolute atomic E-state index is 15.4. The number of carbonyl (C=O) groups is 2. The van der Waals surface area contributed by atoms with Crippen LogP contribution < -0.4 is 11.1 Å². The highest BCUT2D eigenvalue weighted by molar-refractivity contribution is 6.06. The van der Waals surface area contributed by atoms with E-state index in [-0.39, 0.29) is 29.2 Å². The topological polar surface area (TPSA) is 158 Å². The van der Waals surface area contributed by atoms with Crippen LogP contribution in [-0.2, 0) is 23.7 Å². The number of nitrogens with one attached hydrogen (secondary N) is 2. The Kier molecular flexibility index (Phi) is 8.81. The summed E-state index contributed by atoms with van der Waals surface area (Å²) in [6, 6.07) is 16.7. The fraction of sp³-hybridized carbons (Fsp3) is 0.391. The largest absolute Gasteiger partial charge is 0.438 e. The standard InChI is InChI=1S/C46H48FN9O5/c1-24-16-33(17-25(2)39(24)47)56-40(49-41(57)29-9-10-35-32(19-29)23-48-53(35)7)38-27(4)54(14-12-34(38)51-56)42(58)37-20-31-18-28(30-13-15-60-45(5,6)22-30)8-11-36(31)55(37)46(21-26(46)3)43-50-44(59)61-52-43/h8-11,16-20,23,26-27,30H,12-15,21-22H2,1-7H3,(H,49,57)(H,50,52,59)/t26-,27-,30-,46-/m0/s1. The molecule has 0 bridgehead atoms. The molecule has 6 heterocycles. The summed E-state index contributed by atoms with van der Waals surface area (Å²) >= 11 is 0. The molecule has 3 aromatic carbocycles. The lowest BCUT2D eigenvalue weighted by atomic mass is 9.83. The SMILES string of the molecule is Cc1cc(-n2nc3c(c2NC(=O)c2ccc4c(cnn4C)c2)[C@H](C)N(C(=O)c2cc4cc([C@H]5CCOC(C)(C)C5)ccc4n2[C@@]2(c4noc(=O)[nH]4)C[C@@H]2C)CC3)cc(C)c1F. The van der Waals surface area contributed by atoms with Crippen molar-refractivity contribution in [3.63, 3.8) is 0 Å². The van der Waals surface area contributed by atoms with E-state index < -0.39 is 17.3 Å². The van der Waals surface area contributed by atoms with Gasteiger partial charge in [-0.3, -0.25) is 23.8 Å². The molecule has 0 spiro atoms. The lowest BCUT2D eigenvalue weighted by molar-refractivity contribution is -0.0592. The van der Waals surface area contributed by atoms with Gasteiger partial charge in [-0.15, -0.1) is 0 Å². The van der Waals surface area contributed by atoms with E-state index >= 15 is 4.79 Å². The number of aromatic nitrogens is 7. The van der Waals surface area contributed by atoms with Crippen LogP contribution in [0.15, 0.2) is 70.1 Å². The molecular weight excluding hydrogens is 778 g/mol. The summed E-state index contributed by atoms with van der Waals surface area (Å²) in [4.78, 5) is 46.6. The molecule has 1 saturated carbocycles. The summed E-state index contributed by atoms with van der Waals surface area (Å²) in [5.74, 6) is -0.438. The molecule has 15 heteroatoms. The van der Waals surface area contributed by atoms with Gasteiger partial charge in [0.05, 0.1) is 34.7 Å². The second-order valence-electron chi connectivity index (χ2n) is 17.9. The number of aryl methyl sites for hydroxylation is 3. The van der Waals surface area contributed by atoms with Crippen LogP contribution in [-0.4, -0.2) is 69.7 Å². The van der Waals surface area contributed by atoms with Crippen LogP contribution in [0.4, 0.5) is 10.2 Å². The molecule has 2 aliphatic heterocycles. The van der Waals surface area contributed by atoms with Gasteiger partial charge in [-0.05, 0) is 131 Å². The Morgan fingerprint density at radius 2 is 1.74 bits per heavy atom. The molecule has 4 aromatic heterocycles. The number of nitrogens with zero attached hydrogens (tertiary/aromatic N) is 7. The zero-order valence-corrected chi connectivity index (χ0v) is 35.3. The minimum Gasteiger partial charge on any atom is -0.376 e. The van der Waals surface area contributed by atoms with E-state index in [0.29, 0.717) is 77.2 Å². The summed E-state index contributed by atoms with van der Waals surface area (Å²) < 4.78 is 31.5. The quantitative estimate of drug-likeness (QED) is 0.166. The summed E-state index contributed by atoms with van der Waals surface area (Å²) in [7, 11) is 1.85. The van der Waals surface area contributed by atoms with Crippen molar-refractivity contribution in [2.24, 2.45) is 13.0 Å². The molecule has 0 radical (unpaired) electrons. The molecule has 10 rings (SSSR count). The number of benzene rings is 3. The first-order valence-corrected chi connectivity index (χ1v) is 20.9. The minimum atomic E-state index is -0.816. The van der Waals surface area contributed by atoms with Crippen molar-refractivity contribution in [3.05, 3.63) is 122 Å². The fourth-order valence-corrected chi connectivity index (χ4v) is 10.1. The third-order valence-corrected chi connectivity index (χ3v) is 13.4. The number of aromatic amines is 1. The molecule has 1 saturated heterocycles. The molecule has 3 aliphatic rings. The van der Waals surface area contributed by atoms with Crippen molar-refractivity contribution in [3.8, 4) is 5.69 Å². The van der Waals surface area contributed by atoms with Gasteiger partial charge in [-0.25, -0.2) is 13.9 Å². The van der Waals surface area contributed by atoms with Crippen LogP contribution in [0, 0.1) is 25.6 Å². The smallest absolute Gasteiger partial charge is 0.376 e. The van der Waals surface area contributed by atoms with E-state index in [4.69, 9.17) is 14.4 Å². The Morgan fingerprint density at radius 3 is 2.44 bits per heavy atom. The first-order valence-electron chi connectivity index (χ1n) is 20.9. The molecule has 0 unspecified atom stereocenters. The summed E-state index contributed by atoms with van der Waals surface area (Å²) in [6.45, 7) is 12.7. The van der Waals surface area contributed by atoms with Crippen molar-refractivity contribution in [1.82, 2.24) is 39.2 Å². The Morgan fingerprint density at radius 1 is 0.984 bits per heavy atom. The Bertz CT molecular complexity index is 2980. The van der Waals surface area contributed by atoms with Gasteiger partial charge in [-0.2, -0.15) is 10.2 Å². The van der Waals surface area contributed by atoms with Gasteiger partial charge in [0.2, 0.25) is 0 Å². The first-order chi connectivity index (χ1) is 29.1. The van der Waals surface area contributed by atoms with Crippen molar-refractivity contribution in [2.45, 2.75) is 90.3 Å². The average Bonchev–Trinajstić information content (AvgIpc) is 3.71. The number of rotatable bonds is 7. The fourth-order valence-electron chi connectivity index (χ4n) is 10.1. The highest BCUT2D eigenvalue weighted by Crippen LogP contribution is 2.56. The van der Waals surface area contributed by atoms with E-state index in [0.717, 1.165) is 40.3 Å². The monoisotopic (exact) mass is 825 g/mol. The van der Waals surface area contributed by atoms with Crippen molar-refractivity contribution in [1.29, 1.82) is 0 Å².